The van der Waals surface area contributed by atoms with Crippen LogP contribution in [0.25, 0.3) is 0 Å². The standard InChI is InChI=1S/C12H24N2O2/c1-4-9(8-15)14-11(16)10-12(2,3)6-5-7-13-10/h9-10,13,15H,4-8H2,1-3H3,(H,14,16)/t9-,10?/m0/s1. The zero-order valence-electron chi connectivity index (χ0n) is 10.5. The van der Waals surface area contributed by atoms with Crippen LogP contribution in [0.2, 0.25) is 0 Å². The molecule has 1 amide bonds. The molecular formula is C12H24N2O2. The molecule has 1 saturated heterocycles. The fourth-order valence-corrected chi connectivity index (χ4v) is 2.22. The first-order valence-electron chi connectivity index (χ1n) is 6.16. The first kappa shape index (κ1) is 13.5. The van der Waals surface area contributed by atoms with Crippen molar-refractivity contribution in [1.82, 2.24) is 10.6 Å². The maximum Gasteiger partial charge on any atom is 0.237 e. The van der Waals surface area contributed by atoms with Crippen LogP contribution < -0.4 is 10.6 Å². The third-order valence-electron chi connectivity index (χ3n) is 3.45. The van der Waals surface area contributed by atoms with Gasteiger partial charge in [0.25, 0.3) is 0 Å². The van der Waals surface area contributed by atoms with Gasteiger partial charge in [0.15, 0.2) is 0 Å². The summed E-state index contributed by atoms with van der Waals surface area (Å²) in [7, 11) is 0. The van der Waals surface area contributed by atoms with E-state index in [1.54, 1.807) is 0 Å². The van der Waals surface area contributed by atoms with Crippen molar-refractivity contribution < 1.29 is 9.90 Å². The van der Waals surface area contributed by atoms with Crippen molar-refractivity contribution in [3.63, 3.8) is 0 Å². The van der Waals surface area contributed by atoms with Gasteiger partial charge in [0, 0.05) is 0 Å². The first-order chi connectivity index (χ1) is 7.51. The minimum Gasteiger partial charge on any atom is -0.394 e. The summed E-state index contributed by atoms with van der Waals surface area (Å²) in [6.07, 6.45) is 2.94. The normalized spacial score (nSPS) is 26.1. The highest BCUT2D eigenvalue weighted by atomic mass is 16.3. The number of amides is 1. The van der Waals surface area contributed by atoms with Crippen molar-refractivity contribution in [2.24, 2.45) is 5.41 Å². The average molecular weight is 228 g/mol. The maximum absolute atomic E-state index is 12.1. The fraction of sp³-hybridized carbons (Fsp3) is 0.917. The number of nitrogens with one attached hydrogen (secondary N) is 2. The Morgan fingerprint density at radius 2 is 2.31 bits per heavy atom. The second-order valence-corrected chi connectivity index (χ2v) is 5.28. The first-order valence-corrected chi connectivity index (χ1v) is 6.16. The highest BCUT2D eigenvalue weighted by Gasteiger charge is 2.37. The van der Waals surface area contributed by atoms with Crippen LogP contribution in [0, 0.1) is 5.41 Å². The van der Waals surface area contributed by atoms with Crippen molar-refractivity contribution in [3.8, 4) is 0 Å². The second-order valence-electron chi connectivity index (χ2n) is 5.28. The summed E-state index contributed by atoms with van der Waals surface area (Å²) in [5, 5.41) is 15.2. The number of piperidine rings is 1. The Morgan fingerprint density at radius 1 is 1.62 bits per heavy atom. The molecule has 1 fully saturated rings. The largest absolute Gasteiger partial charge is 0.394 e. The van der Waals surface area contributed by atoms with E-state index in [4.69, 9.17) is 5.11 Å². The third kappa shape index (κ3) is 3.19. The molecule has 0 radical (unpaired) electrons. The molecule has 4 nitrogen and oxygen atoms in total. The highest BCUT2D eigenvalue weighted by Crippen LogP contribution is 2.30. The number of carbonyl (C=O) groups excluding carboxylic acids is 1. The molecule has 4 heteroatoms. The van der Waals surface area contributed by atoms with Gasteiger partial charge in [-0.05, 0) is 31.2 Å². The van der Waals surface area contributed by atoms with E-state index >= 15 is 0 Å². The van der Waals surface area contributed by atoms with Gasteiger partial charge in [-0.1, -0.05) is 20.8 Å². The fourth-order valence-electron chi connectivity index (χ4n) is 2.22. The van der Waals surface area contributed by atoms with Gasteiger partial charge in [-0.2, -0.15) is 0 Å². The number of rotatable bonds is 4. The summed E-state index contributed by atoms with van der Waals surface area (Å²) in [6.45, 7) is 7.10. The van der Waals surface area contributed by atoms with Crippen LogP contribution in [0.5, 0.6) is 0 Å². The van der Waals surface area contributed by atoms with Gasteiger partial charge in [0.2, 0.25) is 5.91 Å². The van der Waals surface area contributed by atoms with Gasteiger partial charge in [-0.25, -0.2) is 0 Å². The molecule has 16 heavy (non-hydrogen) atoms. The second kappa shape index (κ2) is 5.64. The predicted octanol–water partition coefficient (Wildman–Crippen LogP) is 0.652. The zero-order valence-corrected chi connectivity index (χ0v) is 10.5. The molecular weight excluding hydrogens is 204 g/mol. The molecule has 1 aliphatic heterocycles. The van der Waals surface area contributed by atoms with Crippen LogP contribution in [0.4, 0.5) is 0 Å². The Bertz CT molecular complexity index is 237. The number of carbonyl (C=O) groups is 1. The Kier molecular flexibility index (Phi) is 4.74. The number of hydrogen-bond donors (Lipinski definition) is 3. The molecule has 94 valence electrons. The number of hydrogen-bond acceptors (Lipinski definition) is 3. The minimum atomic E-state index is -0.137. The van der Waals surface area contributed by atoms with Gasteiger partial charge >= 0.3 is 0 Å². The minimum absolute atomic E-state index is 0.00389. The Hall–Kier alpha value is -0.610. The summed E-state index contributed by atoms with van der Waals surface area (Å²) >= 11 is 0. The molecule has 0 aromatic rings. The summed E-state index contributed by atoms with van der Waals surface area (Å²) in [5.41, 5.74) is -0.00389. The molecule has 0 bridgehead atoms. The van der Waals surface area contributed by atoms with E-state index in [1.807, 2.05) is 6.92 Å². The van der Waals surface area contributed by atoms with Crippen LogP contribution in [-0.4, -0.2) is 36.2 Å². The molecule has 1 unspecified atom stereocenters. The van der Waals surface area contributed by atoms with E-state index < -0.39 is 0 Å². The molecule has 0 spiro atoms. The van der Waals surface area contributed by atoms with E-state index in [1.165, 1.54) is 0 Å². The lowest BCUT2D eigenvalue weighted by atomic mass is 9.77. The average Bonchev–Trinajstić information content (AvgIpc) is 2.24. The van der Waals surface area contributed by atoms with Gasteiger partial charge < -0.3 is 15.7 Å². The van der Waals surface area contributed by atoms with E-state index in [9.17, 15) is 4.79 Å². The third-order valence-corrected chi connectivity index (χ3v) is 3.45. The van der Waals surface area contributed by atoms with Crippen LogP contribution >= 0.6 is 0 Å². The topological polar surface area (TPSA) is 61.4 Å². The molecule has 2 atom stereocenters. The summed E-state index contributed by atoms with van der Waals surface area (Å²) < 4.78 is 0. The van der Waals surface area contributed by atoms with Crippen molar-refractivity contribution in [1.29, 1.82) is 0 Å². The maximum atomic E-state index is 12.1. The van der Waals surface area contributed by atoms with Crippen molar-refractivity contribution in [2.45, 2.75) is 52.1 Å². The van der Waals surface area contributed by atoms with Crippen molar-refractivity contribution >= 4 is 5.91 Å². The quantitative estimate of drug-likeness (QED) is 0.662. The van der Waals surface area contributed by atoms with E-state index in [0.717, 1.165) is 25.8 Å². The number of aliphatic hydroxyl groups is 1. The molecule has 3 N–H and O–H groups in total. The zero-order chi connectivity index (χ0) is 12.2. The molecule has 0 saturated carbocycles. The molecule has 1 heterocycles. The van der Waals surface area contributed by atoms with Crippen LogP contribution in [0.1, 0.15) is 40.0 Å². The Labute approximate surface area is 97.8 Å². The lowest BCUT2D eigenvalue weighted by Crippen LogP contribution is -2.57. The number of aliphatic hydroxyl groups excluding tert-OH is 1. The van der Waals surface area contributed by atoms with Crippen molar-refractivity contribution in [3.05, 3.63) is 0 Å². The predicted molar refractivity (Wildman–Crippen MR) is 64.1 cm³/mol. The SMILES string of the molecule is CC[C@@H](CO)NC(=O)C1NCCCC1(C)C. The molecule has 1 aliphatic rings. The van der Waals surface area contributed by atoms with Gasteiger partial charge in [0.05, 0.1) is 18.7 Å². The summed E-state index contributed by atoms with van der Waals surface area (Å²) in [4.78, 5) is 12.1. The molecule has 0 aliphatic carbocycles. The van der Waals surface area contributed by atoms with Crippen molar-refractivity contribution in [2.75, 3.05) is 13.2 Å². The van der Waals surface area contributed by atoms with E-state index in [-0.39, 0.29) is 30.0 Å². The Balaban J connectivity index is 2.58. The highest BCUT2D eigenvalue weighted by molar-refractivity contribution is 5.83. The van der Waals surface area contributed by atoms with Crippen LogP contribution in [0.3, 0.4) is 0 Å². The van der Waals surface area contributed by atoms with Gasteiger partial charge in [-0.3, -0.25) is 4.79 Å². The van der Waals surface area contributed by atoms with Gasteiger partial charge in [0.1, 0.15) is 0 Å². The van der Waals surface area contributed by atoms with Crippen LogP contribution in [0.15, 0.2) is 0 Å². The Morgan fingerprint density at radius 3 is 2.81 bits per heavy atom. The lowest BCUT2D eigenvalue weighted by Gasteiger charge is -2.38. The smallest absolute Gasteiger partial charge is 0.237 e. The summed E-state index contributed by atoms with van der Waals surface area (Å²) in [5.74, 6) is 0.0191. The lowest BCUT2D eigenvalue weighted by molar-refractivity contribution is -0.127. The monoisotopic (exact) mass is 228 g/mol. The van der Waals surface area contributed by atoms with Crippen LogP contribution in [-0.2, 0) is 4.79 Å². The molecule has 0 aromatic heterocycles. The van der Waals surface area contributed by atoms with Gasteiger partial charge in [-0.15, -0.1) is 0 Å². The molecule has 0 aromatic carbocycles. The van der Waals surface area contributed by atoms with E-state index in [0.29, 0.717) is 0 Å². The van der Waals surface area contributed by atoms with E-state index in [2.05, 4.69) is 24.5 Å². The summed E-state index contributed by atoms with van der Waals surface area (Å²) in [6, 6.07) is -0.256. The molecule has 1 rings (SSSR count).